The van der Waals surface area contributed by atoms with Crippen LogP contribution in [0, 0.1) is 0 Å². The zero-order valence-corrected chi connectivity index (χ0v) is 14.6. The first-order valence-electron chi connectivity index (χ1n) is 6.97. The Balaban J connectivity index is 0.00000220. The van der Waals surface area contributed by atoms with Crippen LogP contribution in [0.4, 0.5) is 0 Å². The monoisotopic (exact) mass is 350 g/mol. The molecule has 1 heterocycles. The number of rotatable bonds is 3. The minimum atomic E-state index is 0. The first-order valence-corrected chi connectivity index (χ1v) is 7.73. The maximum Gasteiger partial charge on any atom is 0.217 e. The summed E-state index contributed by atoms with van der Waals surface area (Å²) in [5.74, 6) is 0.0350. The quantitative estimate of drug-likeness (QED) is 0.890. The van der Waals surface area contributed by atoms with Gasteiger partial charge in [-0.25, -0.2) is 0 Å². The zero-order valence-electron chi connectivity index (χ0n) is 12.2. The molecule has 21 heavy (non-hydrogen) atoms. The molecule has 1 aliphatic rings. The van der Waals surface area contributed by atoms with Crippen molar-refractivity contribution >= 4 is 41.5 Å². The van der Waals surface area contributed by atoms with E-state index in [1.807, 2.05) is 18.2 Å². The number of amides is 1. The highest BCUT2D eigenvalue weighted by molar-refractivity contribution is 6.42. The first kappa shape index (κ1) is 18.6. The lowest BCUT2D eigenvalue weighted by Crippen LogP contribution is -2.45. The van der Waals surface area contributed by atoms with Gasteiger partial charge in [-0.05, 0) is 37.1 Å². The van der Waals surface area contributed by atoms with Crippen molar-refractivity contribution in [1.29, 1.82) is 0 Å². The fourth-order valence-electron chi connectivity index (χ4n) is 2.88. The molecule has 1 fully saturated rings. The number of nitrogens with zero attached hydrogens (tertiary/aromatic N) is 1. The summed E-state index contributed by atoms with van der Waals surface area (Å²) in [5.41, 5.74) is 1.16. The second-order valence-electron chi connectivity index (χ2n) is 5.24. The van der Waals surface area contributed by atoms with E-state index in [-0.39, 0.29) is 30.4 Å². The van der Waals surface area contributed by atoms with Crippen LogP contribution >= 0.6 is 35.6 Å². The van der Waals surface area contributed by atoms with Crippen molar-refractivity contribution in [3.05, 3.63) is 33.8 Å². The molecule has 2 atom stereocenters. The second-order valence-corrected chi connectivity index (χ2v) is 6.05. The molecule has 2 rings (SSSR count). The Kier molecular flexibility index (Phi) is 7.28. The van der Waals surface area contributed by atoms with Crippen LogP contribution in [0.15, 0.2) is 18.2 Å². The molecule has 0 aliphatic carbocycles. The third kappa shape index (κ3) is 4.75. The van der Waals surface area contributed by atoms with Crippen molar-refractivity contribution in [1.82, 2.24) is 10.2 Å². The summed E-state index contributed by atoms with van der Waals surface area (Å²) >= 11 is 12.1. The molecule has 0 bridgehead atoms. The lowest BCUT2D eigenvalue weighted by molar-refractivity contribution is -0.120. The van der Waals surface area contributed by atoms with Gasteiger partial charge in [0.1, 0.15) is 0 Å². The summed E-state index contributed by atoms with van der Waals surface area (Å²) in [5, 5.41) is 4.19. The topological polar surface area (TPSA) is 32.3 Å². The van der Waals surface area contributed by atoms with E-state index in [1.165, 1.54) is 0 Å². The summed E-state index contributed by atoms with van der Waals surface area (Å²) in [4.78, 5) is 13.7. The van der Waals surface area contributed by atoms with Crippen molar-refractivity contribution in [2.45, 2.75) is 38.8 Å². The predicted molar refractivity (Wildman–Crippen MR) is 90.5 cm³/mol. The van der Waals surface area contributed by atoms with E-state index in [9.17, 15) is 4.79 Å². The summed E-state index contributed by atoms with van der Waals surface area (Å²) in [6.45, 7) is 5.69. The Morgan fingerprint density at radius 2 is 2.10 bits per heavy atom. The minimum Gasteiger partial charge on any atom is -0.353 e. The Morgan fingerprint density at radius 3 is 2.67 bits per heavy atom. The van der Waals surface area contributed by atoms with Gasteiger partial charge in [0, 0.05) is 25.6 Å². The maximum absolute atomic E-state index is 11.2. The highest BCUT2D eigenvalue weighted by atomic mass is 35.5. The highest BCUT2D eigenvalue weighted by Gasteiger charge is 2.29. The van der Waals surface area contributed by atoms with Crippen LogP contribution in [0.25, 0.3) is 0 Å². The number of likely N-dealkylation sites (tertiary alicyclic amines) is 1. The number of carbonyl (C=O) groups is 1. The van der Waals surface area contributed by atoms with Crippen LogP contribution in [0.1, 0.15) is 38.3 Å². The summed E-state index contributed by atoms with van der Waals surface area (Å²) in [6.07, 6.45) is 1.90. The fraction of sp³-hybridized carbons (Fsp3) is 0.533. The third-order valence-corrected chi connectivity index (χ3v) is 4.59. The molecule has 1 saturated heterocycles. The van der Waals surface area contributed by atoms with Crippen LogP contribution in [-0.4, -0.2) is 29.9 Å². The lowest BCUT2D eigenvalue weighted by Gasteiger charge is -2.39. The van der Waals surface area contributed by atoms with E-state index in [0.29, 0.717) is 10.0 Å². The summed E-state index contributed by atoms with van der Waals surface area (Å²) in [6, 6.07) is 6.32. The maximum atomic E-state index is 11.2. The molecule has 1 N–H and O–H groups in total. The van der Waals surface area contributed by atoms with Crippen LogP contribution < -0.4 is 5.32 Å². The van der Waals surface area contributed by atoms with Gasteiger partial charge in [0.25, 0.3) is 0 Å². The molecule has 1 aromatic rings. The largest absolute Gasteiger partial charge is 0.353 e. The van der Waals surface area contributed by atoms with E-state index < -0.39 is 0 Å². The zero-order chi connectivity index (χ0) is 14.7. The Hall–Kier alpha value is -0.480. The van der Waals surface area contributed by atoms with Gasteiger partial charge in [-0.2, -0.15) is 0 Å². The third-order valence-electron chi connectivity index (χ3n) is 3.86. The molecular weight excluding hydrogens is 331 g/mol. The van der Waals surface area contributed by atoms with E-state index in [1.54, 1.807) is 6.92 Å². The smallest absolute Gasteiger partial charge is 0.217 e. The van der Waals surface area contributed by atoms with Gasteiger partial charge in [-0.15, -0.1) is 12.4 Å². The van der Waals surface area contributed by atoms with E-state index >= 15 is 0 Å². The standard InChI is InChI=1S/C15H20Cl2N2O.ClH/c1-3-19-7-6-12(18-10(2)20)9-15(19)11-4-5-13(16)14(17)8-11;/h4-5,8,12,15H,3,6-7,9H2,1-2H3,(H,18,20);1H. The van der Waals surface area contributed by atoms with Crippen LogP contribution in [-0.2, 0) is 4.79 Å². The van der Waals surface area contributed by atoms with Crippen LogP contribution in [0.5, 0.6) is 0 Å². The van der Waals surface area contributed by atoms with Crippen LogP contribution in [0.2, 0.25) is 10.0 Å². The molecule has 1 aromatic carbocycles. The summed E-state index contributed by atoms with van der Waals surface area (Å²) in [7, 11) is 0. The predicted octanol–water partition coefficient (Wildman–Crippen LogP) is 4.08. The SMILES string of the molecule is CCN1CCC(NC(C)=O)CC1c1ccc(Cl)c(Cl)c1.Cl. The van der Waals surface area contributed by atoms with Crippen molar-refractivity contribution in [3.8, 4) is 0 Å². The molecule has 0 saturated carbocycles. The number of hydrogen-bond donors (Lipinski definition) is 1. The number of piperidine rings is 1. The average molecular weight is 352 g/mol. The number of halogens is 3. The van der Waals surface area contributed by atoms with Crippen molar-refractivity contribution in [2.75, 3.05) is 13.1 Å². The highest BCUT2D eigenvalue weighted by Crippen LogP contribution is 2.34. The van der Waals surface area contributed by atoms with Crippen molar-refractivity contribution < 1.29 is 4.79 Å². The minimum absolute atomic E-state index is 0. The molecule has 3 nitrogen and oxygen atoms in total. The number of nitrogens with one attached hydrogen (secondary N) is 1. The molecule has 2 unspecified atom stereocenters. The normalized spacial score (nSPS) is 22.5. The molecule has 1 amide bonds. The number of carbonyl (C=O) groups excluding carboxylic acids is 1. The molecule has 0 aromatic heterocycles. The molecular formula is C15H21Cl3N2O. The van der Waals surface area contributed by atoms with Gasteiger partial charge in [0.15, 0.2) is 0 Å². The van der Waals surface area contributed by atoms with Gasteiger partial charge < -0.3 is 5.32 Å². The Morgan fingerprint density at radius 1 is 1.38 bits per heavy atom. The van der Waals surface area contributed by atoms with Gasteiger partial charge in [-0.1, -0.05) is 36.2 Å². The van der Waals surface area contributed by atoms with E-state index in [0.717, 1.165) is 31.5 Å². The molecule has 0 radical (unpaired) electrons. The van der Waals surface area contributed by atoms with Crippen molar-refractivity contribution in [3.63, 3.8) is 0 Å². The molecule has 118 valence electrons. The average Bonchev–Trinajstić information content (AvgIpc) is 2.41. The van der Waals surface area contributed by atoms with Gasteiger partial charge in [0.2, 0.25) is 5.91 Å². The van der Waals surface area contributed by atoms with Crippen LogP contribution in [0.3, 0.4) is 0 Å². The number of benzene rings is 1. The molecule has 0 spiro atoms. The van der Waals surface area contributed by atoms with Gasteiger partial charge in [-0.3, -0.25) is 9.69 Å². The van der Waals surface area contributed by atoms with Crippen molar-refractivity contribution in [2.24, 2.45) is 0 Å². The fourth-order valence-corrected chi connectivity index (χ4v) is 3.18. The van der Waals surface area contributed by atoms with E-state index in [4.69, 9.17) is 23.2 Å². The lowest BCUT2D eigenvalue weighted by atomic mass is 9.91. The molecule has 6 heteroatoms. The Bertz CT molecular complexity index is 496. The first-order chi connectivity index (χ1) is 9.51. The van der Waals surface area contributed by atoms with E-state index in [2.05, 4.69) is 17.1 Å². The van der Waals surface area contributed by atoms with Gasteiger partial charge >= 0.3 is 0 Å². The number of hydrogen-bond acceptors (Lipinski definition) is 2. The van der Waals surface area contributed by atoms with Gasteiger partial charge in [0.05, 0.1) is 10.0 Å². The Labute approximate surface area is 142 Å². The summed E-state index contributed by atoms with van der Waals surface area (Å²) < 4.78 is 0. The molecule has 1 aliphatic heterocycles. The second kappa shape index (κ2) is 8.23.